The highest BCUT2D eigenvalue weighted by Crippen LogP contribution is 2.39. The molecule has 0 saturated heterocycles. The number of anilines is 1. The third-order valence-corrected chi connectivity index (χ3v) is 5.91. The van der Waals surface area contributed by atoms with Gasteiger partial charge in [0.15, 0.2) is 0 Å². The number of aromatic nitrogens is 1. The summed E-state index contributed by atoms with van der Waals surface area (Å²) in [6.45, 7) is 2.99. The van der Waals surface area contributed by atoms with Crippen LogP contribution in [0.1, 0.15) is 29.8 Å². The number of rotatable bonds is 4. The van der Waals surface area contributed by atoms with E-state index in [4.69, 9.17) is 4.74 Å². The number of hydrogen-bond acceptors (Lipinski definition) is 2. The van der Waals surface area contributed by atoms with Crippen molar-refractivity contribution in [2.45, 2.75) is 19.4 Å². The van der Waals surface area contributed by atoms with Gasteiger partial charge in [-0.2, -0.15) is 0 Å². The first-order chi connectivity index (χ1) is 15.7. The van der Waals surface area contributed by atoms with Gasteiger partial charge in [0.2, 0.25) is 0 Å². The quantitative estimate of drug-likeness (QED) is 0.425. The summed E-state index contributed by atoms with van der Waals surface area (Å²) >= 11 is 0. The molecule has 0 radical (unpaired) electrons. The van der Waals surface area contributed by atoms with Gasteiger partial charge in [-0.3, -0.25) is 0 Å². The summed E-state index contributed by atoms with van der Waals surface area (Å²) in [5.41, 5.74) is 4.13. The first kappa shape index (κ1) is 20.1. The lowest BCUT2D eigenvalue weighted by atomic mass is 9.92. The average Bonchev–Trinajstić information content (AvgIpc) is 3.19. The van der Waals surface area contributed by atoms with Gasteiger partial charge < -0.3 is 19.9 Å². The van der Waals surface area contributed by atoms with E-state index in [9.17, 15) is 9.18 Å². The van der Waals surface area contributed by atoms with Gasteiger partial charge in [-0.05, 0) is 55.3 Å². The molecule has 0 spiro atoms. The highest BCUT2D eigenvalue weighted by atomic mass is 19.1. The molecule has 0 fully saturated rings. The number of para-hydroxylation sites is 1. The number of hydrogen-bond donors (Lipinski definition) is 2. The minimum atomic E-state index is -0.546. The van der Waals surface area contributed by atoms with E-state index in [1.54, 1.807) is 35.2 Å². The molecule has 0 bridgehead atoms. The largest absolute Gasteiger partial charge is 0.494 e. The van der Waals surface area contributed by atoms with Gasteiger partial charge in [0.25, 0.3) is 0 Å². The van der Waals surface area contributed by atoms with Crippen molar-refractivity contribution in [3.05, 3.63) is 95.4 Å². The van der Waals surface area contributed by atoms with Crippen LogP contribution in [-0.2, 0) is 6.42 Å². The lowest BCUT2D eigenvalue weighted by Gasteiger charge is -2.36. The van der Waals surface area contributed by atoms with E-state index >= 15 is 0 Å². The van der Waals surface area contributed by atoms with E-state index in [0.717, 1.165) is 27.9 Å². The molecule has 0 saturated carbocycles. The van der Waals surface area contributed by atoms with Crippen LogP contribution in [0.5, 0.6) is 5.75 Å². The Balaban J connectivity index is 1.52. The molecule has 6 heteroatoms. The number of aromatic amines is 1. The highest BCUT2D eigenvalue weighted by molar-refractivity contribution is 5.91. The van der Waals surface area contributed by atoms with Crippen molar-refractivity contribution in [2.75, 3.05) is 18.5 Å². The van der Waals surface area contributed by atoms with Gasteiger partial charge in [0, 0.05) is 34.4 Å². The van der Waals surface area contributed by atoms with Gasteiger partial charge in [0.05, 0.1) is 6.61 Å². The molecule has 0 aliphatic carbocycles. The summed E-state index contributed by atoms with van der Waals surface area (Å²) in [6, 6.07) is 21.1. The lowest BCUT2D eigenvalue weighted by Crippen LogP contribution is -2.43. The van der Waals surface area contributed by atoms with Gasteiger partial charge in [-0.15, -0.1) is 0 Å². The molecule has 1 aromatic heterocycles. The summed E-state index contributed by atoms with van der Waals surface area (Å²) < 4.78 is 20.4. The molecule has 2 N–H and O–H groups in total. The first-order valence-electron chi connectivity index (χ1n) is 10.8. The van der Waals surface area contributed by atoms with Crippen LogP contribution >= 0.6 is 0 Å². The molecule has 2 amide bonds. The molecule has 1 aliphatic rings. The van der Waals surface area contributed by atoms with Crippen LogP contribution in [-0.4, -0.2) is 29.1 Å². The zero-order valence-electron chi connectivity index (χ0n) is 17.8. The van der Waals surface area contributed by atoms with E-state index in [1.807, 2.05) is 37.3 Å². The maximum atomic E-state index is 14.9. The maximum Gasteiger partial charge on any atom is 0.322 e. The first-order valence-corrected chi connectivity index (χ1v) is 10.8. The van der Waals surface area contributed by atoms with E-state index in [2.05, 4.69) is 16.4 Å². The number of urea groups is 1. The topological polar surface area (TPSA) is 57.4 Å². The van der Waals surface area contributed by atoms with Crippen molar-refractivity contribution >= 4 is 22.6 Å². The fourth-order valence-corrected chi connectivity index (χ4v) is 4.48. The number of H-pyrrole nitrogens is 1. The normalized spacial score (nSPS) is 15.4. The summed E-state index contributed by atoms with van der Waals surface area (Å²) in [7, 11) is 0. The lowest BCUT2D eigenvalue weighted by molar-refractivity contribution is 0.192. The van der Waals surface area contributed by atoms with Crippen molar-refractivity contribution in [1.82, 2.24) is 9.88 Å². The molecule has 1 atom stereocenters. The van der Waals surface area contributed by atoms with Gasteiger partial charge in [0.1, 0.15) is 17.6 Å². The van der Waals surface area contributed by atoms with Crippen LogP contribution < -0.4 is 10.1 Å². The minimum Gasteiger partial charge on any atom is -0.494 e. The molecule has 2 heterocycles. The third-order valence-electron chi connectivity index (χ3n) is 5.91. The Kier molecular flexibility index (Phi) is 5.27. The van der Waals surface area contributed by atoms with Gasteiger partial charge in [-0.1, -0.05) is 36.4 Å². The summed E-state index contributed by atoms with van der Waals surface area (Å²) in [5.74, 6) is 0.415. The molecule has 32 heavy (non-hydrogen) atoms. The van der Waals surface area contributed by atoms with E-state index in [0.29, 0.717) is 30.8 Å². The second-order valence-corrected chi connectivity index (χ2v) is 7.82. The SMILES string of the molecule is CCOc1ccc(NC(=O)N2CCc3c([nH]c4ccccc34)[C@H]2c2ccccc2F)cc1. The number of carbonyl (C=O) groups is 1. The number of benzene rings is 3. The molecular formula is C26H24FN3O2. The Morgan fingerprint density at radius 3 is 2.62 bits per heavy atom. The number of ether oxygens (including phenoxy) is 1. The van der Waals surface area contributed by atoms with Crippen molar-refractivity contribution in [3.8, 4) is 5.75 Å². The number of halogens is 1. The van der Waals surface area contributed by atoms with Crippen LogP contribution in [0, 0.1) is 5.82 Å². The number of nitrogens with one attached hydrogen (secondary N) is 2. The minimum absolute atomic E-state index is 0.272. The molecule has 0 unspecified atom stereocenters. The number of nitrogens with zero attached hydrogens (tertiary/aromatic N) is 1. The average molecular weight is 429 g/mol. The van der Waals surface area contributed by atoms with Crippen LogP contribution in [0.15, 0.2) is 72.8 Å². The van der Waals surface area contributed by atoms with E-state index in [-0.39, 0.29) is 11.8 Å². The van der Waals surface area contributed by atoms with Crippen molar-refractivity contribution in [1.29, 1.82) is 0 Å². The number of fused-ring (bicyclic) bond motifs is 3. The van der Waals surface area contributed by atoms with E-state index in [1.165, 1.54) is 6.07 Å². The van der Waals surface area contributed by atoms with Gasteiger partial charge >= 0.3 is 6.03 Å². The van der Waals surface area contributed by atoms with Crippen molar-refractivity contribution in [2.24, 2.45) is 0 Å². The molecular weight excluding hydrogens is 405 g/mol. The fourth-order valence-electron chi connectivity index (χ4n) is 4.48. The Labute approximate surface area is 185 Å². The monoisotopic (exact) mass is 429 g/mol. The fraction of sp³-hybridized carbons (Fsp3) is 0.192. The molecule has 5 rings (SSSR count). The number of amides is 2. The second-order valence-electron chi connectivity index (χ2n) is 7.82. The second kappa shape index (κ2) is 8.38. The predicted molar refractivity (Wildman–Crippen MR) is 124 cm³/mol. The zero-order valence-corrected chi connectivity index (χ0v) is 17.8. The maximum absolute atomic E-state index is 14.9. The van der Waals surface area contributed by atoms with Gasteiger partial charge in [-0.25, -0.2) is 9.18 Å². The van der Waals surface area contributed by atoms with Crippen LogP contribution in [0.2, 0.25) is 0 Å². The predicted octanol–water partition coefficient (Wildman–Crippen LogP) is 5.89. The molecule has 4 aromatic rings. The number of carbonyl (C=O) groups excluding carboxylic acids is 1. The van der Waals surface area contributed by atoms with Crippen LogP contribution in [0.3, 0.4) is 0 Å². The summed E-state index contributed by atoms with van der Waals surface area (Å²) in [6.07, 6.45) is 0.695. The van der Waals surface area contributed by atoms with Crippen LogP contribution in [0.4, 0.5) is 14.9 Å². The molecule has 3 aromatic carbocycles. The molecule has 1 aliphatic heterocycles. The summed E-state index contributed by atoms with van der Waals surface area (Å²) in [4.78, 5) is 18.5. The Bertz CT molecular complexity index is 1270. The van der Waals surface area contributed by atoms with Crippen LogP contribution in [0.25, 0.3) is 10.9 Å². The standard InChI is InChI=1S/C26H24FN3O2/c1-2-32-18-13-11-17(12-14-18)28-26(31)30-16-15-20-19-7-4-6-10-23(19)29-24(20)25(30)21-8-3-5-9-22(21)27/h3-14,25,29H,2,15-16H2,1H3,(H,28,31)/t25-/m1/s1. The van der Waals surface area contributed by atoms with E-state index < -0.39 is 6.04 Å². The molecule has 5 nitrogen and oxygen atoms in total. The summed E-state index contributed by atoms with van der Waals surface area (Å²) in [5, 5.41) is 4.08. The smallest absolute Gasteiger partial charge is 0.322 e. The molecule has 162 valence electrons. The Morgan fingerprint density at radius 2 is 1.84 bits per heavy atom. The zero-order chi connectivity index (χ0) is 22.1. The Hall–Kier alpha value is -3.80. The van der Waals surface area contributed by atoms with Crippen molar-refractivity contribution < 1.29 is 13.9 Å². The Morgan fingerprint density at radius 1 is 1.09 bits per heavy atom. The third kappa shape index (κ3) is 3.58. The van der Waals surface area contributed by atoms with Crippen molar-refractivity contribution in [3.63, 3.8) is 0 Å². The highest BCUT2D eigenvalue weighted by Gasteiger charge is 2.36.